The fourth-order valence-corrected chi connectivity index (χ4v) is 3.92. The van der Waals surface area contributed by atoms with Gasteiger partial charge in [0.25, 0.3) is 0 Å². The molecule has 5 rings (SSSR count). The first-order valence-corrected chi connectivity index (χ1v) is 9.63. The SMILES string of the molecule is Bc1ccc(N(c2ccccc2)c2cc3ccccc3c3ccccc23)cc1. The highest BCUT2D eigenvalue weighted by molar-refractivity contribution is 6.32. The van der Waals surface area contributed by atoms with Crippen molar-refractivity contribution in [1.29, 1.82) is 0 Å². The molecule has 0 fully saturated rings. The number of para-hydroxylation sites is 1. The first-order valence-electron chi connectivity index (χ1n) is 9.63. The summed E-state index contributed by atoms with van der Waals surface area (Å²) in [6, 6.07) is 39.0. The zero-order valence-corrected chi connectivity index (χ0v) is 15.8. The Bertz CT molecular complexity index is 1260. The summed E-state index contributed by atoms with van der Waals surface area (Å²) in [5.74, 6) is 0. The molecule has 5 aromatic carbocycles. The summed E-state index contributed by atoms with van der Waals surface area (Å²) < 4.78 is 0. The van der Waals surface area contributed by atoms with Crippen LogP contribution in [0.5, 0.6) is 0 Å². The number of nitrogens with zero attached hydrogens (tertiary/aromatic N) is 1. The minimum atomic E-state index is 1.16. The van der Waals surface area contributed by atoms with E-state index in [9.17, 15) is 0 Å². The fourth-order valence-electron chi connectivity index (χ4n) is 3.92. The Morgan fingerprint density at radius 1 is 0.500 bits per heavy atom. The van der Waals surface area contributed by atoms with Gasteiger partial charge in [-0.1, -0.05) is 84.3 Å². The molecule has 0 radical (unpaired) electrons. The molecule has 0 heterocycles. The lowest BCUT2D eigenvalue weighted by molar-refractivity contribution is 1.30. The highest BCUT2D eigenvalue weighted by Gasteiger charge is 2.16. The van der Waals surface area contributed by atoms with Gasteiger partial charge in [-0.2, -0.15) is 0 Å². The van der Waals surface area contributed by atoms with Crippen molar-refractivity contribution in [3.8, 4) is 0 Å². The maximum absolute atomic E-state index is 2.36. The lowest BCUT2D eigenvalue weighted by atomic mass is 9.95. The van der Waals surface area contributed by atoms with E-state index >= 15 is 0 Å². The molecule has 0 aliphatic heterocycles. The molecule has 0 saturated carbocycles. The Labute approximate surface area is 166 Å². The van der Waals surface area contributed by atoms with Gasteiger partial charge in [0, 0.05) is 16.8 Å². The number of fused-ring (bicyclic) bond motifs is 3. The van der Waals surface area contributed by atoms with Crippen molar-refractivity contribution in [2.45, 2.75) is 0 Å². The highest BCUT2D eigenvalue weighted by atomic mass is 15.1. The van der Waals surface area contributed by atoms with E-state index in [-0.39, 0.29) is 0 Å². The maximum Gasteiger partial charge on any atom is 0.139 e. The van der Waals surface area contributed by atoms with Gasteiger partial charge in [0.15, 0.2) is 0 Å². The van der Waals surface area contributed by atoms with Crippen LogP contribution in [0.4, 0.5) is 17.1 Å². The van der Waals surface area contributed by atoms with Gasteiger partial charge in [-0.05, 0) is 46.5 Å². The molecule has 1 nitrogen and oxygen atoms in total. The third-order valence-electron chi connectivity index (χ3n) is 5.29. The van der Waals surface area contributed by atoms with Gasteiger partial charge in [0.2, 0.25) is 0 Å². The van der Waals surface area contributed by atoms with E-state index in [1.165, 1.54) is 32.7 Å². The quantitative estimate of drug-likeness (QED) is 0.295. The van der Waals surface area contributed by atoms with Gasteiger partial charge in [-0.15, -0.1) is 0 Å². The molecule has 0 aromatic heterocycles. The minimum absolute atomic E-state index is 1.16. The molecule has 0 bridgehead atoms. The second kappa shape index (κ2) is 6.90. The van der Waals surface area contributed by atoms with Gasteiger partial charge in [0.05, 0.1) is 5.69 Å². The van der Waals surface area contributed by atoms with Crippen molar-refractivity contribution in [3.05, 3.63) is 109 Å². The minimum Gasteiger partial charge on any atom is -0.310 e. The van der Waals surface area contributed by atoms with Gasteiger partial charge in [-0.25, -0.2) is 0 Å². The van der Waals surface area contributed by atoms with Gasteiger partial charge in [-0.3, -0.25) is 0 Å². The lowest BCUT2D eigenvalue weighted by Gasteiger charge is -2.27. The molecule has 0 aliphatic carbocycles. The second-order valence-corrected chi connectivity index (χ2v) is 7.17. The third kappa shape index (κ3) is 2.84. The van der Waals surface area contributed by atoms with Gasteiger partial charge < -0.3 is 4.90 Å². The summed E-state index contributed by atoms with van der Waals surface area (Å²) >= 11 is 0. The predicted octanol–water partition coefficient (Wildman–Crippen LogP) is 5.72. The Morgan fingerprint density at radius 2 is 1.07 bits per heavy atom. The Hall–Kier alpha value is -3.52. The van der Waals surface area contributed by atoms with Crippen LogP contribution in [0.3, 0.4) is 0 Å². The van der Waals surface area contributed by atoms with E-state index in [1.54, 1.807) is 0 Å². The third-order valence-corrected chi connectivity index (χ3v) is 5.29. The lowest BCUT2D eigenvalue weighted by Crippen LogP contribution is -2.12. The number of hydrogen-bond acceptors (Lipinski definition) is 1. The van der Waals surface area contributed by atoms with Crippen LogP contribution in [0, 0.1) is 0 Å². The van der Waals surface area contributed by atoms with Crippen LogP contribution in [0.1, 0.15) is 0 Å². The molecule has 0 N–H and O–H groups in total. The number of rotatable bonds is 3. The molecule has 2 heteroatoms. The zero-order chi connectivity index (χ0) is 18.9. The first-order chi connectivity index (χ1) is 13.8. The molecule has 0 spiro atoms. The topological polar surface area (TPSA) is 3.24 Å². The van der Waals surface area contributed by atoms with E-state index in [0.717, 1.165) is 11.4 Å². The van der Waals surface area contributed by atoms with Crippen LogP contribution in [0.25, 0.3) is 21.5 Å². The van der Waals surface area contributed by atoms with E-state index < -0.39 is 0 Å². The van der Waals surface area contributed by atoms with Crippen molar-refractivity contribution in [1.82, 2.24) is 0 Å². The monoisotopic (exact) mass is 357 g/mol. The summed E-state index contributed by atoms with van der Waals surface area (Å²) in [6.07, 6.45) is 0. The average Bonchev–Trinajstić information content (AvgIpc) is 2.76. The van der Waals surface area contributed by atoms with Crippen LogP contribution in [0.2, 0.25) is 0 Å². The molecule has 5 aromatic rings. The molecule has 0 unspecified atom stereocenters. The predicted molar refractivity (Wildman–Crippen MR) is 124 cm³/mol. The number of hydrogen-bond donors (Lipinski definition) is 0. The van der Waals surface area contributed by atoms with Crippen LogP contribution in [0.15, 0.2) is 109 Å². The van der Waals surface area contributed by atoms with Crippen molar-refractivity contribution >= 4 is 51.9 Å². The molecule has 0 atom stereocenters. The van der Waals surface area contributed by atoms with Gasteiger partial charge in [0.1, 0.15) is 7.85 Å². The molecular weight excluding hydrogens is 337 g/mol. The molecule has 0 saturated heterocycles. The fraction of sp³-hybridized carbons (Fsp3) is 0. The zero-order valence-electron chi connectivity index (χ0n) is 15.8. The molecule has 0 aliphatic rings. The average molecular weight is 357 g/mol. The van der Waals surface area contributed by atoms with Crippen molar-refractivity contribution < 1.29 is 0 Å². The van der Waals surface area contributed by atoms with Crippen molar-refractivity contribution in [2.75, 3.05) is 4.90 Å². The van der Waals surface area contributed by atoms with E-state index in [1.807, 2.05) is 0 Å². The van der Waals surface area contributed by atoms with Crippen LogP contribution in [-0.4, -0.2) is 7.85 Å². The molecule has 132 valence electrons. The normalized spacial score (nSPS) is 11.0. The highest BCUT2D eigenvalue weighted by Crippen LogP contribution is 2.41. The summed E-state index contributed by atoms with van der Waals surface area (Å²) in [4.78, 5) is 2.36. The Balaban J connectivity index is 1.86. The summed E-state index contributed by atoms with van der Waals surface area (Å²) in [7, 11) is 2.13. The molecule has 28 heavy (non-hydrogen) atoms. The second-order valence-electron chi connectivity index (χ2n) is 7.17. The van der Waals surface area contributed by atoms with Crippen LogP contribution in [-0.2, 0) is 0 Å². The summed E-state index contributed by atoms with van der Waals surface area (Å²) in [6.45, 7) is 0. The van der Waals surface area contributed by atoms with E-state index in [2.05, 4.69) is 122 Å². The van der Waals surface area contributed by atoms with E-state index in [4.69, 9.17) is 0 Å². The maximum atomic E-state index is 2.36. The smallest absolute Gasteiger partial charge is 0.139 e. The summed E-state index contributed by atoms with van der Waals surface area (Å²) in [5.41, 5.74) is 4.79. The van der Waals surface area contributed by atoms with Crippen molar-refractivity contribution in [3.63, 3.8) is 0 Å². The number of benzene rings is 5. The Kier molecular flexibility index (Phi) is 4.10. The first kappa shape index (κ1) is 16.6. The molecule has 0 amide bonds. The van der Waals surface area contributed by atoms with Crippen LogP contribution < -0.4 is 10.4 Å². The largest absolute Gasteiger partial charge is 0.310 e. The van der Waals surface area contributed by atoms with E-state index in [0.29, 0.717) is 0 Å². The standard InChI is InChI=1S/C26H20BN/c27-20-14-16-22(17-15-20)28(21-9-2-1-3-10-21)26-18-19-8-4-5-11-23(19)24-12-6-7-13-25(24)26/h1-18H,27H2. The summed E-state index contributed by atoms with van der Waals surface area (Å²) in [5, 5.41) is 5.08. The van der Waals surface area contributed by atoms with Gasteiger partial charge >= 0.3 is 0 Å². The Morgan fingerprint density at radius 3 is 1.82 bits per heavy atom. The number of anilines is 3. The molecular formula is C26H20BN. The van der Waals surface area contributed by atoms with Crippen LogP contribution >= 0.6 is 0 Å². The van der Waals surface area contributed by atoms with Crippen molar-refractivity contribution in [2.24, 2.45) is 0 Å².